The average Bonchev–Trinajstić information content (AvgIpc) is 2.89. The van der Waals surface area contributed by atoms with Gasteiger partial charge in [-0.05, 0) is 46.6 Å². The highest BCUT2D eigenvalue weighted by Gasteiger charge is 2.10. The van der Waals surface area contributed by atoms with Crippen LogP contribution in [-0.2, 0) is 13.5 Å². The predicted molar refractivity (Wildman–Crippen MR) is 105 cm³/mol. The third-order valence-electron chi connectivity index (χ3n) is 3.98. The van der Waals surface area contributed by atoms with Crippen LogP contribution in [0.25, 0.3) is 10.9 Å². The van der Waals surface area contributed by atoms with Crippen molar-refractivity contribution in [2.45, 2.75) is 13.3 Å². The Kier molecular flexibility index (Phi) is 5.30. The Morgan fingerprint density at radius 1 is 1.32 bits per heavy atom. The lowest BCUT2D eigenvalue weighted by Gasteiger charge is -2.10. The Morgan fingerprint density at radius 2 is 2.08 bits per heavy atom. The number of amides is 2. The van der Waals surface area contributed by atoms with Gasteiger partial charge < -0.3 is 10.6 Å². The highest BCUT2D eigenvalue weighted by Crippen LogP contribution is 2.29. The molecule has 0 radical (unpaired) electrons. The molecule has 0 saturated carbocycles. The second-order valence-electron chi connectivity index (χ2n) is 5.80. The summed E-state index contributed by atoms with van der Waals surface area (Å²) in [4.78, 5) is 12.1. The van der Waals surface area contributed by atoms with Gasteiger partial charge in [0.05, 0.1) is 16.9 Å². The number of fused-ring (bicyclic) bond motifs is 1. The molecule has 0 atom stereocenters. The molecule has 3 aromatic rings. The number of hydrogen-bond donors (Lipinski definition) is 2. The summed E-state index contributed by atoms with van der Waals surface area (Å²) in [7, 11) is 1.92. The van der Waals surface area contributed by atoms with Crippen molar-refractivity contribution in [1.82, 2.24) is 15.1 Å². The molecule has 1 heterocycles. The van der Waals surface area contributed by atoms with Crippen molar-refractivity contribution in [1.29, 1.82) is 0 Å². The number of aryl methyl sites for hydroxylation is 2. The molecule has 2 aromatic carbocycles. The summed E-state index contributed by atoms with van der Waals surface area (Å²) in [5, 5.41) is 11.9. The second kappa shape index (κ2) is 7.45. The predicted octanol–water partition coefficient (Wildman–Crippen LogP) is 4.66. The van der Waals surface area contributed by atoms with Crippen LogP contribution in [0.1, 0.15) is 11.3 Å². The molecule has 1 aromatic heterocycles. The Morgan fingerprint density at radius 3 is 2.88 bits per heavy atom. The van der Waals surface area contributed by atoms with E-state index in [1.165, 1.54) is 0 Å². The molecule has 2 N–H and O–H groups in total. The van der Waals surface area contributed by atoms with Gasteiger partial charge >= 0.3 is 6.03 Å². The van der Waals surface area contributed by atoms with E-state index in [9.17, 15) is 4.79 Å². The summed E-state index contributed by atoms with van der Waals surface area (Å²) in [5.41, 5.74) is 3.64. The third-order valence-corrected chi connectivity index (χ3v) is 5.04. The number of carbonyl (C=O) groups is 1. The van der Waals surface area contributed by atoms with E-state index in [0.29, 0.717) is 23.7 Å². The highest BCUT2D eigenvalue weighted by molar-refractivity contribution is 9.10. The minimum atomic E-state index is -0.277. The van der Waals surface area contributed by atoms with Gasteiger partial charge in [-0.25, -0.2) is 4.79 Å². The first-order valence-electron chi connectivity index (χ1n) is 7.87. The molecule has 5 nitrogen and oxygen atoms in total. The third kappa shape index (κ3) is 3.96. The fourth-order valence-electron chi connectivity index (χ4n) is 2.68. The lowest BCUT2D eigenvalue weighted by atomic mass is 10.2. The van der Waals surface area contributed by atoms with Crippen molar-refractivity contribution in [3.8, 4) is 0 Å². The first-order valence-corrected chi connectivity index (χ1v) is 9.04. The van der Waals surface area contributed by atoms with Crippen LogP contribution >= 0.6 is 27.5 Å². The molecule has 3 rings (SSSR count). The van der Waals surface area contributed by atoms with Crippen LogP contribution < -0.4 is 10.6 Å². The van der Waals surface area contributed by atoms with E-state index >= 15 is 0 Å². The number of benzene rings is 2. The smallest absolute Gasteiger partial charge is 0.319 e. The molecular formula is C18H18BrClN4O. The van der Waals surface area contributed by atoms with Crippen LogP contribution in [0.15, 0.2) is 40.9 Å². The van der Waals surface area contributed by atoms with E-state index in [2.05, 4.69) is 31.7 Å². The van der Waals surface area contributed by atoms with Gasteiger partial charge in [0.25, 0.3) is 0 Å². The monoisotopic (exact) mass is 420 g/mol. The van der Waals surface area contributed by atoms with Gasteiger partial charge in [0.15, 0.2) is 0 Å². The average molecular weight is 422 g/mol. The molecule has 130 valence electrons. The quantitative estimate of drug-likeness (QED) is 0.643. The number of rotatable bonds is 4. The van der Waals surface area contributed by atoms with Gasteiger partial charge in [-0.15, -0.1) is 0 Å². The zero-order chi connectivity index (χ0) is 18.0. The molecule has 0 bridgehead atoms. The minimum Gasteiger partial charge on any atom is -0.337 e. The summed E-state index contributed by atoms with van der Waals surface area (Å²) < 4.78 is 2.65. The van der Waals surface area contributed by atoms with Crippen LogP contribution in [-0.4, -0.2) is 22.4 Å². The zero-order valence-electron chi connectivity index (χ0n) is 13.9. The summed E-state index contributed by atoms with van der Waals surface area (Å²) in [6.45, 7) is 2.40. The summed E-state index contributed by atoms with van der Waals surface area (Å²) in [6, 6.07) is 11.4. The van der Waals surface area contributed by atoms with Crippen molar-refractivity contribution < 1.29 is 4.79 Å². The van der Waals surface area contributed by atoms with E-state index in [4.69, 9.17) is 11.6 Å². The Labute approximate surface area is 159 Å². The van der Waals surface area contributed by atoms with Crippen LogP contribution in [0.4, 0.5) is 10.5 Å². The molecule has 0 unspecified atom stereocenters. The van der Waals surface area contributed by atoms with Gasteiger partial charge in [0.2, 0.25) is 0 Å². The molecule has 7 heteroatoms. The van der Waals surface area contributed by atoms with Crippen molar-refractivity contribution in [3.05, 3.63) is 57.2 Å². The number of hydrogen-bond acceptors (Lipinski definition) is 2. The molecule has 0 aliphatic carbocycles. The molecule has 0 saturated heterocycles. The van der Waals surface area contributed by atoms with Gasteiger partial charge in [0, 0.05) is 34.9 Å². The van der Waals surface area contributed by atoms with Gasteiger partial charge in [-0.2, -0.15) is 5.10 Å². The molecule has 0 fully saturated rings. The first kappa shape index (κ1) is 17.8. The van der Waals surface area contributed by atoms with Crippen molar-refractivity contribution in [2.24, 2.45) is 7.05 Å². The number of para-hydroxylation sites is 1. The number of nitrogens with one attached hydrogen (secondary N) is 2. The number of aromatic nitrogens is 2. The summed E-state index contributed by atoms with van der Waals surface area (Å²) >= 11 is 9.54. The minimum absolute atomic E-state index is 0.277. The number of halogens is 2. The van der Waals surface area contributed by atoms with Gasteiger partial charge in [0.1, 0.15) is 0 Å². The Hall–Kier alpha value is -2.05. The Balaban J connectivity index is 1.60. The molecular weight excluding hydrogens is 404 g/mol. The van der Waals surface area contributed by atoms with E-state index in [-0.39, 0.29) is 6.03 Å². The first-order chi connectivity index (χ1) is 12.0. The molecule has 0 spiro atoms. The maximum atomic E-state index is 12.1. The number of nitrogens with zero attached hydrogens (tertiary/aromatic N) is 2. The fraction of sp³-hybridized carbons (Fsp3) is 0.222. The molecule has 25 heavy (non-hydrogen) atoms. The fourth-order valence-corrected chi connectivity index (χ4v) is 3.40. The highest BCUT2D eigenvalue weighted by atomic mass is 79.9. The topological polar surface area (TPSA) is 59.0 Å². The van der Waals surface area contributed by atoms with E-state index in [0.717, 1.165) is 26.6 Å². The maximum Gasteiger partial charge on any atom is 0.319 e. The summed E-state index contributed by atoms with van der Waals surface area (Å²) in [6.07, 6.45) is 0.657. The summed E-state index contributed by atoms with van der Waals surface area (Å²) in [5.74, 6) is 0. The van der Waals surface area contributed by atoms with Crippen LogP contribution in [0.2, 0.25) is 5.02 Å². The lowest BCUT2D eigenvalue weighted by molar-refractivity contribution is 0.252. The SMILES string of the molecule is Cc1cc(Br)c(NC(=O)NCCc2nn(C)c3ccccc23)cc1Cl. The van der Waals surface area contributed by atoms with E-state index in [1.807, 2.05) is 49.0 Å². The zero-order valence-corrected chi connectivity index (χ0v) is 16.3. The number of carbonyl (C=O) groups excluding carboxylic acids is 1. The molecule has 2 amide bonds. The molecule has 0 aliphatic rings. The largest absolute Gasteiger partial charge is 0.337 e. The lowest BCUT2D eigenvalue weighted by Crippen LogP contribution is -2.30. The van der Waals surface area contributed by atoms with Crippen molar-refractivity contribution >= 4 is 50.2 Å². The molecule has 0 aliphatic heterocycles. The Bertz CT molecular complexity index is 938. The van der Waals surface area contributed by atoms with Crippen molar-refractivity contribution in [3.63, 3.8) is 0 Å². The van der Waals surface area contributed by atoms with Gasteiger partial charge in [-0.3, -0.25) is 4.68 Å². The second-order valence-corrected chi connectivity index (χ2v) is 7.06. The van der Waals surface area contributed by atoms with Crippen LogP contribution in [0.5, 0.6) is 0 Å². The number of anilines is 1. The van der Waals surface area contributed by atoms with Crippen LogP contribution in [0.3, 0.4) is 0 Å². The number of urea groups is 1. The maximum absolute atomic E-state index is 12.1. The standard InChI is InChI=1S/C18H18BrClN4O/c1-11-9-13(19)16(10-14(11)20)22-18(25)21-8-7-15-12-5-3-4-6-17(12)24(2)23-15/h3-6,9-10H,7-8H2,1-2H3,(H2,21,22,25). The normalized spacial score (nSPS) is 10.9. The van der Waals surface area contributed by atoms with Crippen LogP contribution in [0, 0.1) is 6.92 Å². The van der Waals surface area contributed by atoms with Crippen molar-refractivity contribution in [2.75, 3.05) is 11.9 Å². The van der Waals surface area contributed by atoms with E-state index in [1.54, 1.807) is 6.07 Å². The van der Waals surface area contributed by atoms with Gasteiger partial charge in [-0.1, -0.05) is 29.8 Å². The van der Waals surface area contributed by atoms with E-state index < -0.39 is 0 Å².